The molecule has 0 saturated carbocycles. The summed E-state index contributed by atoms with van der Waals surface area (Å²) < 4.78 is 19.3. The van der Waals surface area contributed by atoms with Gasteiger partial charge in [-0.05, 0) is 24.6 Å². The Morgan fingerprint density at radius 3 is 2.84 bits per heavy atom. The molecule has 2 N–H and O–H groups in total. The molecule has 0 radical (unpaired) electrons. The van der Waals surface area contributed by atoms with Crippen molar-refractivity contribution in [2.75, 3.05) is 44.4 Å². The fraction of sp³-hybridized carbons (Fsp3) is 0.471. The Labute approximate surface area is 146 Å². The molecule has 0 amide bonds. The number of hydrogen-bond acceptors (Lipinski definition) is 7. The van der Waals surface area contributed by atoms with Gasteiger partial charge in [-0.25, -0.2) is 4.39 Å². The average molecular weight is 346 g/mol. The molecule has 134 valence electrons. The first-order chi connectivity index (χ1) is 11.9. The van der Waals surface area contributed by atoms with E-state index < -0.39 is 0 Å². The molecule has 1 saturated heterocycles. The number of rotatable bonds is 4. The zero-order valence-electron chi connectivity index (χ0n) is 14.7. The van der Waals surface area contributed by atoms with Crippen molar-refractivity contribution in [3.8, 4) is 0 Å². The first-order valence-electron chi connectivity index (χ1n) is 8.24. The highest BCUT2D eigenvalue weighted by atomic mass is 19.1. The second kappa shape index (κ2) is 7.28. The van der Waals surface area contributed by atoms with E-state index in [0.29, 0.717) is 24.9 Å². The Bertz CT molecular complexity index is 741. The molecule has 2 heterocycles. The maximum atomic E-state index is 13.5. The lowest BCUT2D eigenvalue weighted by Gasteiger charge is -2.36. The topological polar surface area (TPSA) is 80.4 Å². The molecule has 1 aromatic heterocycles. The third-order valence-corrected chi connectivity index (χ3v) is 4.30. The van der Waals surface area contributed by atoms with Crippen LogP contribution < -0.4 is 10.6 Å². The molecule has 0 unspecified atom stereocenters. The van der Waals surface area contributed by atoms with E-state index in [1.54, 1.807) is 11.0 Å². The Hall–Kier alpha value is -2.32. The normalized spacial score (nSPS) is 19.6. The number of halogens is 1. The zero-order valence-corrected chi connectivity index (χ0v) is 14.7. The molecule has 1 aromatic carbocycles. The van der Waals surface area contributed by atoms with E-state index in [9.17, 15) is 4.39 Å². The number of anilines is 2. The number of nitrogens with zero attached hydrogens (tertiary/aromatic N) is 5. The van der Waals surface area contributed by atoms with Gasteiger partial charge < -0.3 is 15.4 Å². The van der Waals surface area contributed by atoms with Gasteiger partial charge in [0.2, 0.25) is 11.9 Å². The van der Waals surface area contributed by atoms with Gasteiger partial charge in [0, 0.05) is 27.2 Å². The van der Waals surface area contributed by atoms with Gasteiger partial charge in [-0.15, -0.1) is 0 Å². The number of benzene rings is 1. The van der Waals surface area contributed by atoms with Crippen molar-refractivity contribution in [2.45, 2.75) is 19.1 Å². The Morgan fingerprint density at radius 1 is 1.32 bits per heavy atom. The maximum Gasteiger partial charge on any atom is 0.229 e. The van der Waals surface area contributed by atoms with Crippen molar-refractivity contribution < 1.29 is 9.13 Å². The summed E-state index contributed by atoms with van der Waals surface area (Å²) in [6, 6.07) is 6.48. The molecule has 0 bridgehead atoms. The van der Waals surface area contributed by atoms with Crippen molar-refractivity contribution in [2.24, 2.45) is 0 Å². The Kier molecular flexibility index (Phi) is 5.10. The smallest absolute Gasteiger partial charge is 0.229 e. The van der Waals surface area contributed by atoms with Crippen molar-refractivity contribution >= 4 is 11.9 Å². The third-order valence-electron chi connectivity index (χ3n) is 4.30. The van der Waals surface area contributed by atoms with Crippen LogP contribution in [0.3, 0.4) is 0 Å². The molecular formula is C17H23FN6O. The number of nitrogens with two attached hydrogens (primary N) is 1. The largest absolute Gasteiger partial charge is 0.371 e. The van der Waals surface area contributed by atoms with Crippen LogP contribution in [0.1, 0.15) is 30.5 Å². The summed E-state index contributed by atoms with van der Waals surface area (Å²) in [5, 5.41) is 0. The second-order valence-electron chi connectivity index (χ2n) is 6.33. The molecule has 0 spiro atoms. The van der Waals surface area contributed by atoms with Gasteiger partial charge in [0.25, 0.3) is 0 Å². The lowest BCUT2D eigenvalue weighted by Crippen LogP contribution is -2.40. The van der Waals surface area contributed by atoms with Crippen molar-refractivity contribution in [3.63, 3.8) is 0 Å². The highest BCUT2D eigenvalue weighted by Gasteiger charge is 2.28. The molecule has 25 heavy (non-hydrogen) atoms. The van der Waals surface area contributed by atoms with Gasteiger partial charge in [-0.2, -0.15) is 15.0 Å². The zero-order chi connectivity index (χ0) is 18.0. The van der Waals surface area contributed by atoms with Crippen LogP contribution in [0.4, 0.5) is 16.3 Å². The van der Waals surface area contributed by atoms with E-state index in [1.165, 1.54) is 12.1 Å². The van der Waals surface area contributed by atoms with E-state index in [2.05, 4.69) is 19.9 Å². The molecular weight excluding hydrogens is 323 g/mol. The van der Waals surface area contributed by atoms with Gasteiger partial charge in [-0.3, -0.25) is 4.90 Å². The summed E-state index contributed by atoms with van der Waals surface area (Å²) in [7, 11) is 3.72. The highest BCUT2D eigenvalue weighted by Crippen LogP contribution is 2.28. The quantitative estimate of drug-likeness (QED) is 0.904. The Balaban J connectivity index is 1.79. The van der Waals surface area contributed by atoms with Crippen molar-refractivity contribution in [1.82, 2.24) is 19.9 Å². The lowest BCUT2D eigenvalue weighted by atomic mass is 10.1. The van der Waals surface area contributed by atoms with Crippen LogP contribution in [-0.4, -0.2) is 53.6 Å². The molecule has 1 aliphatic rings. The van der Waals surface area contributed by atoms with Gasteiger partial charge in [-0.1, -0.05) is 12.1 Å². The average Bonchev–Trinajstić information content (AvgIpc) is 2.60. The van der Waals surface area contributed by atoms with E-state index in [-0.39, 0.29) is 23.9 Å². The van der Waals surface area contributed by atoms with Crippen LogP contribution in [0.15, 0.2) is 24.3 Å². The summed E-state index contributed by atoms with van der Waals surface area (Å²) in [5.41, 5.74) is 6.66. The molecule has 2 aromatic rings. The number of morpholine rings is 1. The number of nitrogen functional groups attached to an aromatic ring is 1. The molecule has 2 atom stereocenters. The lowest BCUT2D eigenvalue weighted by molar-refractivity contribution is -0.0443. The van der Waals surface area contributed by atoms with Gasteiger partial charge >= 0.3 is 0 Å². The molecule has 0 aliphatic carbocycles. The third kappa shape index (κ3) is 4.02. The van der Waals surface area contributed by atoms with Crippen molar-refractivity contribution in [3.05, 3.63) is 41.5 Å². The van der Waals surface area contributed by atoms with Crippen LogP contribution in [0.2, 0.25) is 0 Å². The van der Waals surface area contributed by atoms with E-state index in [1.807, 2.05) is 27.1 Å². The molecule has 1 aliphatic heterocycles. The fourth-order valence-corrected chi connectivity index (χ4v) is 2.88. The minimum atomic E-state index is -0.257. The van der Waals surface area contributed by atoms with Gasteiger partial charge in [0.1, 0.15) is 5.82 Å². The highest BCUT2D eigenvalue weighted by molar-refractivity contribution is 5.33. The van der Waals surface area contributed by atoms with Crippen LogP contribution in [-0.2, 0) is 4.74 Å². The maximum absolute atomic E-state index is 13.5. The van der Waals surface area contributed by atoms with Gasteiger partial charge in [0.15, 0.2) is 5.82 Å². The SMILES string of the molecule is C[C@@H](c1nc(N)nc(N(C)C)n1)N1CCO[C@@H](c2cccc(F)c2)C1. The fourth-order valence-electron chi connectivity index (χ4n) is 2.88. The summed E-state index contributed by atoms with van der Waals surface area (Å²) in [6.07, 6.45) is -0.181. The summed E-state index contributed by atoms with van der Waals surface area (Å²) in [4.78, 5) is 16.9. The standard InChI is InChI=1S/C17H23FN6O/c1-11(15-20-16(19)22-17(21-15)23(2)3)24-7-8-25-14(10-24)12-5-4-6-13(18)9-12/h4-6,9,11,14H,7-8,10H2,1-3H3,(H2,19,20,21,22)/t11-,14+/m0/s1. The molecule has 1 fully saturated rings. The first-order valence-corrected chi connectivity index (χ1v) is 8.24. The predicted molar refractivity (Wildman–Crippen MR) is 93.6 cm³/mol. The summed E-state index contributed by atoms with van der Waals surface area (Å²) in [5.74, 6) is 1.10. The summed E-state index contributed by atoms with van der Waals surface area (Å²) >= 11 is 0. The van der Waals surface area contributed by atoms with Crippen LogP contribution in [0, 0.1) is 5.82 Å². The molecule has 8 heteroatoms. The minimum absolute atomic E-state index is 0.0519. The number of ether oxygens (including phenoxy) is 1. The monoisotopic (exact) mass is 346 g/mol. The summed E-state index contributed by atoms with van der Waals surface area (Å²) in [6.45, 7) is 3.97. The second-order valence-corrected chi connectivity index (χ2v) is 6.33. The minimum Gasteiger partial charge on any atom is -0.371 e. The van der Waals surface area contributed by atoms with Gasteiger partial charge in [0.05, 0.1) is 18.8 Å². The van der Waals surface area contributed by atoms with Crippen LogP contribution in [0.5, 0.6) is 0 Å². The number of hydrogen-bond donors (Lipinski definition) is 1. The first kappa shape index (κ1) is 17.5. The van der Waals surface area contributed by atoms with E-state index in [4.69, 9.17) is 10.5 Å². The molecule has 7 nitrogen and oxygen atoms in total. The van der Waals surface area contributed by atoms with E-state index in [0.717, 1.165) is 12.1 Å². The predicted octanol–water partition coefficient (Wildman–Crippen LogP) is 1.79. The van der Waals surface area contributed by atoms with Crippen molar-refractivity contribution in [1.29, 1.82) is 0 Å². The van der Waals surface area contributed by atoms with Crippen LogP contribution >= 0.6 is 0 Å². The van der Waals surface area contributed by atoms with Crippen LogP contribution in [0.25, 0.3) is 0 Å². The molecule has 3 rings (SSSR count). The number of aromatic nitrogens is 3. The Morgan fingerprint density at radius 2 is 2.12 bits per heavy atom. The van der Waals surface area contributed by atoms with E-state index >= 15 is 0 Å².